The Morgan fingerprint density at radius 3 is 2.61 bits per heavy atom. The first-order valence-corrected chi connectivity index (χ1v) is 7.96. The highest BCUT2D eigenvalue weighted by molar-refractivity contribution is 7.09. The Morgan fingerprint density at radius 1 is 1.39 bits per heavy atom. The maximum absolute atomic E-state index is 13.6. The van der Waals surface area contributed by atoms with Gasteiger partial charge in [-0.1, -0.05) is 0 Å². The number of thiazole rings is 1. The van der Waals surface area contributed by atoms with E-state index in [1.807, 2.05) is 5.38 Å². The number of urea groups is 1. The van der Waals surface area contributed by atoms with Gasteiger partial charge in [0, 0.05) is 29.4 Å². The van der Waals surface area contributed by atoms with Crippen molar-refractivity contribution in [1.82, 2.24) is 10.3 Å². The molecule has 1 atom stereocenters. The van der Waals surface area contributed by atoms with Crippen LogP contribution in [0, 0.1) is 17.6 Å². The minimum atomic E-state index is -0.874. The summed E-state index contributed by atoms with van der Waals surface area (Å²) in [7, 11) is 1.18. The second-order valence-corrected chi connectivity index (χ2v) is 6.18. The molecule has 0 aliphatic heterocycles. The van der Waals surface area contributed by atoms with E-state index < -0.39 is 23.4 Å². The lowest BCUT2D eigenvalue weighted by Gasteiger charge is -2.16. The standard InChI is InChI=1S/C15H15F2N3O2S/c1-22-13-10(16)6-9(7-11(13)17)19-15(21)20-12(8-2-3-8)14-18-4-5-23-14/h4-8,12H,2-3H2,1H3,(H2,19,20,21)/t12-/m1/s1. The molecule has 1 saturated carbocycles. The lowest BCUT2D eigenvalue weighted by Crippen LogP contribution is -2.33. The van der Waals surface area contributed by atoms with E-state index in [2.05, 4.69) is 20.4 Å². The van der Waals surface area contributed by atoms with Crippen LogP contribution in [0.4, 0.5) is 19.3 Å². The number of carbonyl (C=O) groups excluding carboxylic acids is 1. The van der Waals surface area contributed by atoms with Gasteiger partial charge in [0.15, 0.2) is 17.4 Å². The second-order valence-electron chi connectivity index (χ2n) is 5.26. The van der Waals surface area contributed by atoms with Crippen molar-refractivity contribution in [3.8, 4) is 5.75 Å². The van der Waals surface area contributed by atoms with Gasteiger partial charge in [-0.25, -0.2) is 18.6 Å². The first-order chi connectivity index (χ1) is 11.1. The van der Waals surface area contributed by atoms with E-state index in [9.17, 15) is 13.6 Å². The molecule has 1 heterocycles. The Kier molecular flexibility index (Phi) is 4.42. The zero-order chi connectivity index (χ0) is 16.4. The van der Waals surface area contributed by atoms with Crippen LogP contribution in [0.3, 0.4) is 0 Å². The van der Waals surface area contributed by atoms with Crippen LogP contribution < -0.4 is 15.4 Å². The summed E-state index contributed by atoms with van der Waals surface area (Å²) in [5.74, 6) is -1.87. The summed E-state index contributed by atoms with van der Waals surface area (Å²) >= 11 is 1.47. The van der Waals surface area contributed by atoms with Crippen molar-refractivity contribution in [3.63, 3.8) is 0 Å². The molecular weight excluding hydrogens is 324 g/mol. The number of anilines is 1. The topological polar surface area (TPSA) is 63.2 Å². The van der Waals surface area contributed by atoms with Gasteiger partial charge in [0.25, 0.3) is 0 Å². The number of nitrogens with one attached hydrogen (secondary N) is 2. The highest BCUT2D eigenvalue weighted by atomic mass is 32.1. The van der Waals surface area contributed by atoms with Gasteiger partial charge in [-0.3, -0.25) is 0 Å². The molecule has 1 aliphatic rings. The first kappa shape index (κ1) is 15.7. The summed E-state index contributed by atoms with van der Waals surface area (Å²) in [6.07, 6.45) is 3.73. The maximum Gasteiger partial charge on any atom is 0.319 e. The lowest BCUT2D eigenvalue weighted by molar-refractivity contribution is 0.247. The predicted molar refractivity (Wildman–Crippen MR) is 82.6 cm³/mol. The van der Waals surface area contributed by atoms with Gasteiger partial charge >= 0.3 is 6.03 Å². The van der Waals surface area contributed by atoms with E-state index in [0.717, 1.165) is 30.0 Å². The molecule has 1 aromatic carbocycles. The van der Waals surface area contributed by atoms with Crippen molar-refractivity contribution in [2.45, 2.75) is 18.9 Å². The monoisotopic (exact) mass is 339 g/mol. The number of nitrogens with zero attached hydrogens (tertiary/aromatic N) is 1. The molecule has 8 heteroatoms. The Morgan fingerprint density at radius 2 is 2.09 bits per heavy atom. The molecule has 2 aromatic rings. The fraction of sp³-hybridized carbons (Fsp3) is 0.333. The molecule has 0 bridgehead atoms. The Labute approximate surface area is 135 Å². The van der Waals surface area contributed by atoms with Gasteiger partial charge in [0.2, 0.25) is 0 Å². The summed E-state index contributed by atoms with van der Waals surface area (Å²) in [6.45, 7) is 0. The fourth-order valence-electron chi connectivity index (χ4n) is 2.33. The first-order valence-electron chi connectivity index (χ1n) is 7.08. The number of hydrogen-bond acceptors (Lipinski definition) is 4. The normalized spacial score (nSPS) is 15.1. The molecule has 2 amide bonds. The number of rotatable bonds is 5. The van der Waals surface area contributed by atoms with Crippen LogP contribution in [0.5, 0.6) is 5.75 Å². The van der Waals surface area contributed by atoms with Gasteiger partial charge < -0.3 is 15.4 Å². The van der Waals surface area contributed by atoms with Crippen LogP contribution in [-0.2, 0) is 0 Å². The number of carbonyl (C=O) groups is 1. The van der Waals surface area contributed by atoms with E-state index in [0.29, 0.717) is 5.92 Å². The molecule has 3 rings (SSSR count). The molecule has 2 N–H and O–H groups in total. The predicted octanol–water partition coefficient (Wildman–Crippen LogP) is 3.70. The van der Waals surface area contributed by atoms with Gasteiger partial charge in [-0.15, -0.1) is 11.3 Å². The van der Waals surface area contributed by atoms with Gasteiger partial charge in [-0.05, 0) is 18.8 Å². The number of benzene rings is 1. The van der Waals surface area contributed by atoms with Crippen molar-refractivity contribution >= 4 is 23.1 Å². The summed E-state index contributed by atoms with van der Waals surface area (Å²) in [6, 6.07) is 1.32. The minimum Gasteiger partial charge on any atom is -0.491 e. The van der Waals surface area contributed by atoms with Crippen molar-refractivity contribution in [1.29, 1.82) is 0 Å². The number of ether oxygens (including phenoxy) is 1. The highest BCUT2D eigenvalue weighted by Gasteiger charge is 2.35. The lowest BCUT2D eigenvalue weighted by atomic mass is 10.2. The summed E-state index contributed by atoms with van der Waals surface area (Å²) in [5, 5.41) is 7.93. The second kappa shape index (κ2) is 6.49. The van der Waals surface area contributed by atoms with E-state index in [4.69, 9.17) is 0 Å². The Hall–Kier alpha value is -2.22. The van der Waals surface area contributed by atoms with Crippen molar-refractivity contribution in [2.75, 3.05) is 12.4 Å². The Bertz CT molecular complexity index is 682. The number of hydrogen-bond donors (Lipinski definition) is 2. The number of amides is 2. The van der Waals surface area contributed by atoms with Crippen molar-refractivity contribution < 1.29 is 18.3 Å². The summed E-state index contributed by atoms with van der Waals surface area (Å²) in [4.78, 5) is 16.3. The van der Waals surface area contributed by atoms with Gasteiger partial charge in [-0.2, -0.15) is 0 Å². The van der Waals surface area contributed by atoms with Gasteiger partial charge in [0.1, 0.15) is 5.01 Å². The average molecular weight is 339 g/mol. The molecule has 1 aromatic heterocycles. The molecule has 122 valence electrons. The van der Waals surface area contributed by atoms with Crippen LogP contribution in [-0.4, -0.2) is 18.1 Å². The van der Waals surface area contributed by atoms with E-state index in [1.165, 1.54) is 18.4 Å². The van der Waals surface area contributed by atoms with Crippen LogP contribution in [0.2, 0.25) is 0 Å². The maximum atomic E-state index is 13.6. The van der Waals surface area contributed by atoms with E-state index in [1.54, 1.807) is 6.20 Å². The van der Waals surface area contributed by atoms with Crippen molar-refractivity contribution in [3.05, 3.63) is 40.4 Å². The summed E-state index contributed by atoms with van der Waals surface area (Å²) < 4.78 is 31.9. The smallest absolute Gasteiger partial charge is 0.319 e. The number of aromatic nitrogens is 1. The largest absolute Gasteiger partial charge is 0.491 e. The molecule has 1 aliphatic carbocycles. The molecule has 0 unspecified atom stereocenters. The zero-order valence-corrected chi connectivity index (χ0v) is 13.1. The van der Waals surface area contributed by atoms with Crippen LogP contribution in [0.15, 0.2) is 23.7 Å². The minimum absolute atomic E-state index is 0.0204. The molecule has 23 heavy (non-hydrogen) atoms. The molecule has 0 spiro atoms. The number of methoxy groups -OCH3 is 1. The molecule has 0 radical (unpaired) electrons. The fourth-order valence-corrected chi connectivity index (χ4v) is 3.12. The van der Waals surface area contributed by atoms with E-state index >= 15 is 0 Å². The Balaban J connectivity index is 1.69. The highest BCUT2D eigenvalue weighted by Crippen LogP contribution is 2.41. The number of halogens is 2. The third-order valence-electron chi connectivity index (χ3n) is 3.56. The SMILES string of the molecule is COc1c(F)cc(NC(=O)N[C@@H](c2nccs2)C2CC2)cc1F. The quantitative estimate of drug-likeness (QED) is 0.873. The molecule has 1 fully saturated rings. The van der Waals surface area contributed by atoms with Crippen molar-refractivity contribution in [2.24, 2.45) is 5.92 Å². The third-order valence-corrected chi connectivity index (χ3v) is 4.42. The molecule has 0 saturated heterocycles. The molecular formula is C15H15F2N3O2S. The van der Waals surface area contributed by atoms with Crippen LogP contribution in [0.25, 0.3) is 0 Å². The summed E-state index contributed by atoms with van der Waals surface area (Å²) in [5.41, 5.74) is 0.0204. The van der Waals surface area contributed by atoms with Gasteiger partial charge in [0.05, 0.1) is 13.2 Å². The third kappa shape index (κ3) is 3.58. The van der Waals surface area contributed by atoms with Crippen LogP contribution in [0.1, 0.15) is 23.9 Å². The molecule has 5 nitrogen and oxygen atoms in total. The van der Waals surface area contributed by atoms with E-state index in [-0.39, 0.29) is 11.7 Å². The zero-order valence-electron chi connectivity index (χ0n) is 12.3. The van der Waals surface area contributed by atoms with Crippen LogP contribution >= 0.6 is 11.3 Å². The average Bonchev–Trinajstić information content (AvgIpc) is 3.19.